The molecule has 0 saturated carbocycles. The van der Waals surface area contributed by atoms with Crippen molar-refractivity contribution in [3.63, 3.8) is 0 Å². The number of nitrogens with one attached hydrogen (secondary N) is 2. The molecule has 1 aromatic heterocycles. The second kappa shape index (κ2) is 9.81. The van der Waals surface area contributed by atoms with Gasteiger partial charge in [0.25, 0.3) is 5.91 Å². The number of anilines is 3. The lowest BCUT2D eigenvalue weighted by Crippen LogP contribution is -2.45. The minimum absolute atomic E-state index is 0.0163. The van der Waals surface area contributed by atoms with Crippen molar-refractivity contribution in [3.05, 3.63) is 41.1 Å². The van der Waals surface area contributed by atoms with E-state index in [4.69, 9.17) is 9.97 Å². The highest BCUT2D eigenvalue weighted by molar-refractivity contribution is 6.03. The molecule has 5 rings (SSSR count). The van der Waals surface area contributed by atoms with E-state index in [1.807, 2.05) is 24.3 Å². The number of piperidine rings is 1. The van der Waals surface area contributed by atoms with Crippen molar-refractivity contribution in [3.8, 4) is 0 Å². The Labute approximate surface area is 205 Å². The Bertz CT molecular complexity index is 1100. The molecule has 3 aliphatic heterocycles. The van der Waals surface area contributed by atoms with Gasteiger partial charge in [-0.15, -0.1) is 0 Å². The monoisotopic (exact) mass is 478 g/mol. The van der Waals surface area contributed by atoms with E-state index in [-0.39, 0.29) is 24.5 Å². The smallest absolute Gasteiger partial charge is 0.257 e. The number of hydrogen-bond acceptors (Lipinski definition) is 7. The SMILES string of the molecule is C[C@@H]1CCC[C@H](C)N1c1nc2c(c(Nc3ccc(CC(=O)N4CCC[C@H]4CO)cc3)n1)C(=O)NC2. The highest BCUT2D eigenvalue weighted by Gasteiger charge is 2.32. The summed E-state index contributed by atoms with van der Waals surface area (Å²) in [6, 6.07) is 8.27. The molecule has 2 saturated heterocycles. The van der Waals surface area contributed by atoms with Crippen LogP contribution < -0.4 is 15.5 Å². The van der Waals surface area contributed by atoms with Gasteiger partial charge in [0, 0.05) is 24.3 Å². The molecule has 2 amide bonds. The number of benzene rings is 1. The number of hydrogen-bond donors (Lipinski definition) is 3. The van der Waals surface area contributed by atoms with Crippen molar-refractivity contribution in [2.45, 2.75) is 77.0 Å². The lowest BCUT2D eigenvalue weighted by molar-refractivity contribution is -0.132. The molecule has 0 bridgehead atoms. The normalized spacial score (nSPS) is 23.9. The fraction of sp³-hybridized carbons (Fsp3) is 0.538. The number of aliphatic hydroxyl groups excluding tert-OH is 1. The number of likely N-dealkylation sites (tertiary alicyclic amines) is 1. The van der Waals surface area contributed by atoms with Crippen molar-refractivity contribution < 1.29 is 14.7 Å². The third-order valence-corrected chi connectivity index (χ3v) is 7.52. The predicted octanol–water partition coefficient (Wildman–Crippen LogP) is 2.76. The molecule has 4 heterocycles. The minimum Gasteiger partial charge on any atom is -0.394 e. The van der Waals surface area contributed by atoms with E-state index in [0.717, 1.165) is 42.6 Å². The maximum absolute atomic E-state index is 12.7. The molecule has 35 heavy (non-hydrogen) atoms. The summed E-state index contributed by atoms with van der Waals surface area (Å²) in [7, 11) is 0. The lowest BCUT2D eigenvalue weighted by atomic mass is 9.98. The first kappa shape index (κ1) is 23.5. The first-order chi connectivity index (χ1) is 16.9. The molecule has 0 spiro atoms. The third-order valence-electron chi connectivity index (χ3n) is 7.52. The summed E-state index contributed by atoms with van der Waals surface area (Å²) >= 11 is 0. The van der Waals surface area contributed by atoms with Crippen LogP contribution in [0.3, 0.4) is 0 Å². The van der Waals surface area contributed by atoms with Gasteiger partial charge in [0.15, 0.2) is 0 Å². The number of carbonyl (C=O) groups excluding carboxylic acids is 2. The Morgan fingerprint density at radius 2 is 1.86 bits per heavy atom. The first-order valence-corrected chi connectivity index (χ1v) is 12.7. The Kier molecular flexibility index (Phi) is 6.60. The van der Waals surface area contributed by atoms with E-state index < -0.39 is 0 Å². The number of amides is 2. The summed E-state index contributed by atoms with van der Waals surface area (Å²) in [6.07, 6.45) is 5.49. The van der Waals surface area contributed by atoms with Crippen LogP contribution in [0.5, 0.6) is 0 Å². The van der Waals surface area contributed by atoms with Gasteiger partial charge in [-0.1, -0.05) is 12.1 Å². The standard InChI is InChI=1S/C26H34N6O3/c1-16-5-3-6-17(2)32(16)26-29-21-14-27-25(35)23(21)24(30-26)28-19-10-8-18(9-11-19)13-22(34)31-12-4-7-20(31)15-33/h8-11,16-17,20,33H,3-7,12-15H2,1-2H3,(H,27,35)(H,28,29,30)/t16-,17+,20-/m0/s1. The van der Waals surface area contributed by atoms with E-state index in [1.54, 1.807) is 4.90 Å². The molecular weight excluding hydrogens is 444 g/mol. The van der Waals surface area contributed by atoms with Gasteiger partial charge >= 0.3 is 0 Å². The van der Waals surface area contributed by atoms with Crippen LogP contribution in [0.25, 0.3) is 0 Å². The first-order valence-electron chi connectivity index (χ1n) is 12.7. The van der Waals surface area contributed by atoms with Crippen LogP contribution >= 0.6 is 0 Å². The molecule has 9 nitrogen and oxygen atoms in total. The summed E-state index contributed by atoms with van der Waals surface area (Å²) in [5.74, 6) is 1.05. The van der Waals surface area contributed by atoms with Crippen molar-refractivity contribution >= 4 is 29.3 Å². The molecule has 3 N–H and O–H groups in total. The second-order valence-corrected chi connectivity index (χ2v) is 9.98. The van der Waals surface area contributed by atoms with E-state index in [2.05, 4.69) is 29.4 Å². The maximum Gasteiger partial charge on any atom is 0.257 e. The molecular formula is C26H34N6O3. The van der Waals surface area contributed by atoms with Gasteiger partial charge in [-0.3, -0.25) is 9.59 Å². The summed E-state index contributed by atoms with van der Waals surface area (Å²) in [5.41, 5.74) is 2.92. The van der Waals surface area contributed by atoms with E-state index in [0.29, 0.717) is 48.9 Å². The van der Waals surface area contributed by atoms with Crippen LogP contribution in [-0.4, -0.2) is 63.1 Å². The summed E-state index contributed by atoms with van der Waals surface area (Å²) in [5, 5.41) is 15.7. The highest BCUT2D eigenvalue weighted by Crippen LogP contribution is 2.32. The number of aliphatic hydroxyl groups is 1. The van der Waals surface area contributed by atoms with Crippen molar-refractivity contribution in [2.75, 3.05) is 23.4 Å². The molecule has 186 valence electrons. The maximum atomic E-state index is 12.7. The predicted molar refractivity (Wildman–Crippen MR) is 134 cm³/mol. The third kappa shape index (κ3) is 4.69. The molecule has 3 atom stereocenters. The van der Waals surface area contributed by atoms with Crippen molar-refractivity contribution in [1.82, 2.24) is 20.2 Å². The van der Waals surface area contributed by atoms with Crippen LogP contribution in [0.15, 0.2) is 24.3 Å². The largest absolute Gasteiger partial charge is 0.394 e. The molecule has 2 fully saturated rings. The van der Waals surface area contributed by atoms with Crippen molar-refractivity contribution in [2.24, 2.45) is 0 Å². The zero-order valence-corrected chi connectivity index (χ0v) is 20.5. The molecule has 1 aromatic carbocycles. The Hall–Kier alpha value is -3.20. The number of carbonyl (C=O) groups is 2. The average molecular weight is 479 g/mol. The number of nitrogens with zero attached hydrogens (tertiary/aromatic N) is 4. The van der Waals surface area contributed by atoms with Gasteiger partial charge in [0.05, 0.1) is 31.3 Å². The minimum atomic E-state index is -0.167. The molecule has 9 heteroatoms. The summed E-state index contributed by atoms with van der Waals surface area (Å²) in [4.78, 5) is 38.9. The van der Waals surface area contributed by atoms with E-state index in [1.165, 1.54) is 6.42 Å². The van der Waals surface area contributed by atoms with Crippen molar-refractivity contribution in [1.29, 1.82) is 0 Å². The topological polar surface area (TPSA) is 111 Å². The lowest BCUT2D eigenvalue weighted by Gasteiger charge is -2.39. The van der Waals surface area contributed by atoms with Crippen LogP contribution in [0.2, 0.25) is 0 Å². The Morgan fingerprint density at radius 3 is 2.57 bits per heavy atom. The molecule has 0 aliphatic carbocycles. The van der Waals surface area contributed by atoms with Crippen LogP contribution in [-0.2, 0) is 17.8 Å². The van der Waals surface area contributed by atoms with E-state index >= 15 is 0 Å². The van der Waals surface area contributed by atoms with Gasteiger partial charge in [0.2, 0.25) is 11.9 Å². The van der Waals surface area contributed by atoms with Gasteiger partial charge < -0.3 is 25.5 Å². The van der Waals surface area contributed by atoms with E-state index in [9.17, 15) is 14.7 Å². The average Bonchev–Trinajstić information content (AvgIpc) is 3.47. The number of fused-ring (bicyclic) bond motifs is 1. The summed E-state index contributed by atoms with van der Waals surface area (Å²) < 4.78 is 0. The molecule has 0 unspecified atom stereocenters. The van der Waals surface area contributed by atoms with Crippen LogP contribution in [0.4, 0.5) is 17.5 Å². The van der Waals surface area contributed by atoms with Gasteiger partial charge in [0.1, 0.15) is 11.4 Å². The zero-order valence-electron chi connectivity index (χ0n) is 20.5. The Balaban J connectivity index is 1.35. The van der Waals surface area contributed by atoms with Crippen LogP contribution in [0.1, 0.15) is 67.6 Å². The second-order valence-electron chi connectivity index (χ2n) is 9.98. The van der Waals surface area contributed by atoms with Gasteiger partial charge in [-0.05, 0) is 63.6 Å². The number of aromatic nitrogens is 2. The highest BCUT2D eigenvalue weighted by atomic mass is 16.3. The molecule has 2 aromatic rings. The Morgan fingerprint density at radius 1 is 1.11 bits per heavy atom. The summed E-state index contributed by atoms with van der Waals surface area (Å²) in [6.45, 7) is 5.53. The fourth-order valence-electron chi connectivity index (χ4n) is 5.61. The molecule has 3 aliphatic rings. The van der Waals surface area contributed by atoms with Gasteiger partial charge in [-0.2, -0.15) is 4.98 Å². The van der Waals surface area contributed by atoms with Crippen LogP contribution in [0, 0.1) is 0 Å². The quantitative estimate of drug-likeness (QED) is 0.585. The molecule has 0 radical (unpaired) electrons. The zero-order chi connectivity index (χ0) is 24.5. The van der Waals surface area contributed by atoms with Gasteiger partial charge in [-0.25, -0.2) is 4.98 Å². The fourth-order valence-corrected chi connectivity index (χ4v) is 5.61. The number of rotatable bonds is 6.